The van der Waals surface area contributed by atoms with Crippen molar-refractivity contribution in [3.05, 3.63) is 24.3 Å². The van der Waals surface area contributed by atoms with Crippen LogP contribution in [0.15, 0.2) is 24.3 Å². The Labute approximate surface area is 98.1 Å². The average Bonchev–Trinajstić information content (AvgIpc) is 2.73. The van der Waals surface area contributed by atoms with Gasteiger partial charge in [0.2, 0.25) is 0 Å². The minimum Gasteiger partial charge on any atom is -0.353 e. The van der Waals surface area contributed by atoms with Gasteiger partial charge in [0.15, 0.2) is 6.23 Å². The van der Waals surface area contributed by atoms with Crippen LogP contribution >= 0.6 is 11.6 Å². The van der Waals surface area contributed by atoms with E-state index < -0.39 is 0 Å². The van der Waals surface area contributed by atoms with Gasteiger partial charge in [-0.15, -0.1) is 11.6 Å². The number of nitrogens with zero attached hydrogens (tertiary/aromatic N) is 3. The molecule has 0 spiro atoms. The zero-order valence-electron chi connectivity index (χ0n) is 8.71. The first-order valence-corrected chi connectivity index (χ1v) is 5.85. The third-order valence-electron chi connectivity index (χ3n) is 2.75. The van der Waals surface area contributed by atoms with Crippen molar-refractivity contribution in [2.75, 3.05) is 6.61 Å². The molecular weight excluding hydrogens is 226 g/mol. The first kappa shape index (κ1) is 10.1. The van der Waals surface area contributed by atoms with Gasteiger partial charge < -0.3 is 4.74 Å². The summed E-state index contributed by atoms with van der Waals surface area (Å²) < 4.78 is 5.61. The lowest BCUT2D eigenvalue weighted by atomic mass is 10.2. The molecule has 1 aromatic heterocycles. The summed E-state index contributed by atoms with van der Waals surface area (Å²) in [5, 5.41) is 8.72. The van der Waals surface area contributed by atoms with Crippen molar-refractivity contribution < 1.29 is 4.74 Å². The first-order valence-electron chi connectivity index (χ1n) is 5.42. The number of ether oxygens (including phenoxy) is 1. The van der Waals surface area contributed by atoms with Gasteiger partial charge in [-0.05, 0) is 25.0 Å². The summed E-state index contributed by atoms with van der Waals surface area (Å²) >= 11 is 6.22. The molecule has 0 saturated carbocycles. The van der Waals surface area contributed by atoms with E-state index in [2.05, 4.69) is 10.2 Å². The molecule has 0 radical (unpaired) electrons. The summed E-state index contributed by atoms with van der Waals surface area (Å²) in [7, 11) is 0. The largest absolute Gasteiger partial charge is 0.353 e. The Morgan fingerprint density at radius 3 is 2.56 bits per heavy atom. The van der Waals surface area contributed by atoms with Gasteiger partial charge in [0.25, 0.3) is 0 Å². The maximum absolute atomic E-state index is 6.22. The van der Waals surface area contributed by atoms with Crippen LogP contribution in [0.5, 0.6) is 0 Å². The number of fused-ring (bicyclic) bond motifs is 1. The Hall–Kier alpha value is -1.13. The van der Waals surface area contributed by atoms with Crippen molar-refractivity contribution in [1.29, 1.82) is 0 Å². The van der Waals surface area contributed by atoms with Gasteiger partial charge in [0.05, 0.1) is 5.38 Å². The molecule has 0 N–H and O–H groups in total. The molecule has 5 heteroatoms. The summed E-state index contributed by atoms with van der Waals surface area (Å²) in [5.41, 5.74) is 1.75. The van der Waals surface area contributed by atoms with E-state index in [0.29, 0.717) is 0 Å². The van der Waals surface area contributed by atoms with Gasteiger partial charge in [-0.2, -0.15) is 15.0 Å². The lowest BCUT2D eigenvalue weighted by molar-refractivity contribution is -0.0439. The number of rotatable bonds is 1. The average molecular weight is 238 g/mol. The predicted octanol–water partition coefficient (Wildman–Crippen LogP) is 2.35. The highest BCUT2D eigenvalue weighted by Crippen LogP contribution is 2.27. The van der Waals surface area contributed by atoms with Crippen molar-refractivity contribution in [1.82, 2.24) is 15.0 Å². The van der Waals surface area contributed by atoms with Crippen molar-refractivity contribution in [2.45, 2.75) is 24.4 Å². The Bertz CT molecular complexity index is 466. The molecule has 0 aliphatic carbocycles. The predicted molar refractivity (Wildman–Crippen MR) is 61.4 cm³/mol. The first-order chi connectivity index (χ1) is 7.84. The highest BCUT2D eigenvalue weighted by atomic mass is 35.5. The van der Waals surface area contributed by atoms with Crippen LogP contribution in [0.3, 0.4) is 0 Å². The van der Waals surface area contributed by atoms with Crippen molar-refractivity contribution in [3.63, 3.8) is 0 Å². The smallest absolute Gasteiger partial charge is 0.185 e. The minimum atomic E-state index is -0.234. The second kappa shape index (κ2) is 4.03. The SMILES string of the molecule is Cl[C@H]1CCCO[C@H]1n1nc2ccccc2n1. The van der Waals surface area contributed by atoms with Crippen LogP contribution in [0.2, 0.25) is 0 Å². The molecule has 1 aliphatic rings. The lowest BCUT2D eigenvalue weighted by Gasteiger charge is -2.26. The second-order valence-electron chi connectivity index (χ2n) is 3.93. The number of hydrogen-bond acceptors (Lipinski definition) is 3. The summed E-state index contributed by atoms with van der Waals surface area (Å²) in [4.78, 5) is 1.60. The molecule has 2 atom stereocenters. The van der Waals surface area contributed by atoms with Crippen LogP contribution < -0.4 is 0 Å². The lowest BCUT2D eigenvalue weighted by Crippen LogP contribution is -2.29. The van der Waals surface area contributed by atoms with Crippen LogP contribution in [0, 0.1) is 0 Å². The Kier molecular flexibility index (Phi) is 2.53. The number of alkyl halides is 1. The van der Waals surface area contributed by atoms with Crippen LogP contribution in [-0.4, -0.2) is 27.0 Å². The maximum Gasteiger partial charge on any atom is 0.185 e. The number of aromatic nitrogens is 3. The summed E-state index contributed by atoms with van der Waals surface area (Å²) in [6.45, 7) is 0.728. The molecule has 2 aromatic rings. The molecule has 0 amide bonds. The molecule has 3 rings (SSSR count). The van der Waals surface area contributed by atoms with E-state index in [1.807, 2.05) is 24.3 Å². The van der Waals surface area contributed by atoms with E-state index in [0.717, 1.165) is 30.5 Å². The van der Waals surface area contributed by atoms with Crippen LogP contribution in [0.4, 0.5) is 0 Å². The van der Waals surface area contributed by atoms with Gasteiger partial charge in [-0.25, -0.2) is 0 Å². The normalized spacial score (nSPS) is 26.1. The van der Waals surface area contributed by atoms with E-state index in [9.17, 15) is 0 Å². The van der Waals surface area contributed by atoms with Gasteiger partial charge in [-0.1, -0.05) is 12.1 Å². The molecule has 1 saturated heterocycles. The molecule has 1 aromatic carbocycles. The monoisotopic (exact) mass is 237 g/mol. The molecule has 2 heterocycles. The number of benzene rings is 1. The topological polar surface area (TPSA) is 39.9 Å². The fourth-order valence-electron chi connectivity index (χ4n) is 1.93. The maximum atomic E-state index is 6.22. The molecule has 84 valence electrons. The molecule has 0 bridgehead atoms. The zero-order chi connectivity index (χ0) is 11.0. The van der Waals surface area contributed by atoms with Gasteiger partial charge in [-0.3, -0.25) is 0 Å². The Morgan fingerprint density at radius 1 is 1.25 bits per heavy atom. The second-order valence-corrected chi connectivity index (χ2v) is 4.49. The van der Waals surface area contributed by atoms with Gasteiger partial charge in [0.1, 0.15) is 11.0 Å². The highest BCUT2D eigenvalue weighted by molar-refractivity contribution is 6.20. The van der Waals surface area contributed by atoms with Crippen molar-refractivity contribution in [3.8, 4) is 0 Å². The molecule has 1 aliphatic heterocycles. The standard InChI is InChI=1S/C11H12ClN3O/c12-8-4-3-7-16-11(8)15-13-9-5-1-2-6-10(9)14-15/h1-2,5-6,8,11H,3-4,7H2/t8-,11+/m0/s1. The summed E-state index contributed by atoms with van der Waals surface area (Å²) in [6.07, 6.45) is 1.72. The fourth-order valence-corrected chi connectivity index (χ4v) is 2.26. The number of halogens is 1. The van der Waals surface area contributed by atoms with Gasteiger partial charge in [0, 0.05) is 6.61 Å². The Morgan fingerprint density at radius 2 is 1.94 bits per heavy atom. The summed E-state index contributed by atoms with van der Waals surface area (Å²) in [6, 6.07) is 7.76. The van der Waals surface area contributed by atoms with E-state index in [1.165, 1.54) is 0 Å². The zero-order valence-corrected chi connectivity index (χ0v) is 9.47. The van der Waals surface area contributed by atoms with Crippen LogP contribution in [-0.2, 0) is 4.74 Å². The third-order valence-corrected chi connectivity index (χ3v) is 3.19. The fraction of sp³-hybridized carbons (Fsp3) is 0.455. The molecular formula is C11H12ClN3O. The summed E-state index contributed by atoms with van der Waals surface area (Å²) in [5.74, 6) is 0. The van der Waals surface area contributed by atoms with Gasteiger partial charge >= 0.3 is 0 Å². The minimum absolute atomic E-state index is 0.0458. The van der Waals surface area contributed by atoms with E-state index in [-0.39, 0.29) is 11.6 Å². The Balaban J connectivity index is 1.98. The molecule has 16 heavy (non-hydrogen) atoms. The third kappa shape index (κ3) is 1.68. The van der Waals surface area contributed by atoms with E-state index >= 15 is 0 Å². The number of hydrogen-bond donors (Lipinski definition) is 0. The van der Waals surface area contributed by atoms with Crippen LogP contribution in [0.25, 0.3) is 11.0 Å². The van der Waals surface area contributed by atoms with E-state index in [4.69, 9.17) is 16.3 Å². The quantitative estimate of drug-likeness (QED) is 0.715. The van der Waals surface area contributed by atoms with Crippen molar-refractivity contribution in [2.24, 2.45) is 0 Å². The molecule has 4 nitrogen and oxygen atoms in total. The molecule has 1 fully saturated rings. The highest BCUT2D eigenvalue weighted by Gasteiger charge is 2.27. The van der Waals surface area contributed by atoms with Crippen molar-refractivity contribution >= 4 is 22.6 Å². The van der Waals surface area contributed by atoms with E-state index in [1.54, 1.807) is 4.80 Å². The van der Waals surface area contributed by atoms with Crippen LogP contribution in [0.1, 0.15) is 19.1 Å². The molecule has 0 unspecified atom stereocenters.